The fourth-order valence-electron chi connectivity index (χ4n) is 4.04. The van der Waals surface area contributed by atoms with Crippen LogP contribution in [0.1, 0.15) is 62.1 Å². The van der Waals surface area contributed by atoms with E-state index in [9.17, 15) is 4.79 Å². The average Bonchev–Trinajstić information content (AvgIpc) is 2.78. The first-order valence-electron chi connectivity index (χ1n) is 11.0. The van der Waals surface area contributed by atoms with E-state index in [4.69, 9.17) is 4.74 Å². The van der Waals surface area contributed by atoms with Crippen molar-refractivity contribution in [2.45, 2.75) is 52.3 Å². The highest BCUT2D eigenvalue weighted by Gasteiger charge is 2.35. The Morgan fingerprint density at radius 1 is 1.03 bits per heavy atom. The van der Waals surface area contributed by atoms with E-state index in [0.717, 1.165) is 52.6 Å². The van der Waals surface area contributed by atoms with Crippen LogP contribution < -0.4 is 10.1 Å². The van der Waals surface area contributed by atoms with Crippen molar-refractivity contribution in [1.29, 1.82) is 0 Å². The van der Waals surface area contributed by atoms with Crippen LogP contribution in [-0.4, -0.2) is 23.5 Å². The van der Waals surface area contributed by atoms with Gasteiger partial charge in [-0.3, -0.25) is 4.79 Å². The lowest BCUT2D eigenvalue weighted by Crippen LogP contribution is -2.43. The monoisotopic (exact) mass is 402 g/mol. The van der Waals surface area contributed by atoms with Gasteiger partial charge < -0.3 is 15.0 Å². The van der Waals surface area contributed by atoms with Crippen molar-refractivity contribution in [2.24, 2.45) is 0 Å². The third-order valence-corrected chi connectivity index (χ3v) is 5.88. The normalized spacial score (nSPS) is 16.8. The summed E-state index contributed by atoms with van der Waals surface area (Å²) in [5.41, 5.74) is 2.64. The number of benzene rings is 3. The highest BCUT2D eigenvalue weighted by molar-refractivity contribution is 6.02. The van der Waals surface area contributed by atoms with Crippen molar-refractivity contribution in [3.05, 3.63) is 71.8 Å². The third kappa shape index (κ3) is 3.74. The first-order chi connectivity index (χ1) is 14.6. The molecule has 2 atom stereocenters. The molecule has 0 radical (unpaired) electrons. The van der Waals surface area contributed by atoms with Gasteiger partial charge in [0.2, 0.25) is 0 Å². The Morgan fingerprint density at radius 2 is 1.80 bits per heavy atom. The second kappa shape index (κ2) is 8.78. The zero-order chi connectivity index (χ0) is 21.1. The van der Waals surface area contributed by atoms with E-state index in [2.05, 4.69) is 50.4 Å². The standard InChI is InChI=1S/C26H30N2O2/c1-4-6-17-28-25(27-22-14-10-9-13-21(22)26(28)29)24-20-12-8-7-11-19(20)15-16-23(24)30-18(3)5-2/h7-16,18,25,27H,4-6,17H2,1-3H3. The Bertz CT molecular complexity index is 1050. The molecule has 3 aromatic rings. The number of nitrogens with zero attached hydrogens (tertiary/aromatic N) is 1. The number of rotatable bonds is 7. The molecule has 0 saturated carbocycles. The van der Waals surface area contributed by atoms with E-state index < -0.39 is 0 Å². The summed E-state index contributed by atoms with van der Waals surface area (Å²) in [6.45, 7) is 7.06. The number of amides is 1. The topological polar surface area (TPSA) is 41.6 Å². The lowest BCUT2D eigenvalue weighted by molar-refractivity contribution is 0.0677. The lowest BCUT2D eigenvalue weighted by Gasteiger charge is -2.39. The van der Waals surface area contributed by atoms with Gasteiger partial charge in [0.1, 0.15) is 11.9 Å². The highest BCUT2D eigenvalue weighted by Crippen LogP contribution is 2.41. The summed E-state index contributed by atoms with van der Waals surface area (Å²) in [5.74, 6) is 0.916. The van der Waals surface area contributed by atoms with Gasteiger partial charge >= 0.3 is 0 Å². The van der Waals surface area contributed by atoms with Gasteiger partial charge in [-0.15, -0.1) is 0 Å². The Kier molecular flexibility index (Phi) is 5.93. The molecule has 0 aliphatic carbocycles. The van der Waals surface area contributed by atoms with Crippen LogP contribution >= 0.6 is 0 Å². The smallest absolute Gasteiger partial charge is 0.257 e. The number of carbonyl (C=O) groups is 1. The minimum absolute atomic E-state index is 0.0743. The van der Waals surface area contributed by atoms with Crippen LogP contribution in [-0.2, 0) is 0 Å². The Morgan fingerprint density at radius 3 is 2.60 bits per heavy atom. The van der Waals surface area contributed by atoms with E-state index in [1.807, 2.05) is 41.3 Å². The minimum atomic E-state index is -0.274. The molecule has 1 N–H and O–H groups in total. The maximum atomic E-state index is 13.5. The number of nitrogens with one attached hydrogen (secondary N) is 1. The van der Waals surface area contributed by atoms with Crippen molar-refractivity contribution in [3.63, 3.8) is 0 Å². The fourth-order valence-corrected chi connectivity index (χ4v) is 4.04. The van der Waals surface area contributed by atoms with Crippen molar-refractivity contribution >= 4 is 22.4 Å². The number of unbranched alkanes of at least 4 members (excludes halogenated alkanes) is 1. The first kappa shape index (κ1) is 20.3. The van der Waals surface area contributed by atoms with Gasteiger partial charge in [-0.1, -0.05) is 62.7 Å². The maximum Gasteiger partial charge on any atom is 0.257 e. The van der Waals surface area contributed by atoms with Crippen LogP contribution in [0.3, 0.4) is 0 Å². The third-order valence-electron chi connectivity index (χ3n) is 5.88. The Hall–Kier alpha value is -3.01. The number of fused-ring (bicyclic) bond motifs is 2. The summed E-state index contributed by atoms with van der Waals surface area (Å²) in [6.07, 6.45) is 2.73. The van der Waals surface area contributed by atoms with Crippen LogP contribution in [0.5, 0.6) is 5.75 Å². The number of hydrogen-bond donors (Lipinski definition) is 1. The van der Waals surface area contributed by atoms with E-state index in [1.165, 1.54) is 0 Å². The molecular formula is C26H30N2O2. The zero-order valence-corrected chi connectivity index (χ0v) is 18.0. The second-order valence-electron chi connectivity index (χ2n) is 7.98. The molecule has 1 aliphatic heterocycles. The largest absolute Gasteiger partial charge is 0.490 e. The molecule has 30 heavy (non-hydrogen) atoms. The number of para-hydroxylation sites is 1. The first-order valence-corrected chi connectivity index (χ1v) is 11.0. The number of hydrogen-bond acceptors (Lipinski definition) is 3. The van der Waals surface area contributed by atoms with Crippen LogP contribution in [0.25, 0.3) is 10.8 Å². The summed E-state index contributed by atoms with van der Waals surface area (Å²) in [7, 11) is 0. The number of anilines is 1. The molecule has 4 nitrogen and oxygen atoms in total. The highest BCUT2D eigenvalue weighted by atomic mass is 16.5. The molecular weight excluding hydrogens is 372 g/mol. The molecule has 2 unspecified atom stereocenters. The van der Waals surface area contributed by atoms with Crippen molar-refractivity contribution in [2.75, 3.05) is 11.9 Å². The predicted molar refractivity (Wildman–Crippen MR) is 123 cm³/mol. The molecule has 3 aromatic carbocycles. The fraction of sp³-hybridized carbons (Fsp3) is 0.346. The molecule has 156 valence electrons. The summed E-state index contributed by atoms with van der Waals surface area (Å²) < 4.78 is 6.35. The Balaban J connectivity index is 1.89. The van der Waals surface area contributed by atoms with Crippen LogP contribution in [0.2, 0.25) is 0 Å². The molecule has 1 heterocycles. The molecule has 4 heteroatoms. The van der Waals surface area contributed by atoms with E-state index in [1.54, 1.807) is 0 Å². The van der Waals surface area contributed by atoms with Crippen molar-refractivity contribution < 1.29 is 9.53 Å². The molecule has 0 fully saturated rings. The second-order valence-corrected chi connectivity index (χ2v) is 7.98. The number of ether oxygens (including phenoxy) is 1. The minimum Gasteiger partial charge on any atom is -0.490 e. The van der Waals surface area contributed by atoms with Gasteiger partial charge in [0.15, 0.2) is 0 Å². The summed E-state index contributed by atoms with van der Waals surface area (Å²) >= 11 is 0. The molecule has 0 aromatic heterocycles. The molecule has 1 amide bonds. The van der Waals surface area contributed by atoms with Crippen molar-refractivity contribution in [3.8, 4) is 5.75 Å². The van der Waals surface area contributed by atoms with Gasteiger partial charge in [-0.05, 0) is 48.7 Å². The van der Waals surface area contributed by atoms with E-state index in [-0.39, 0.29) is 18.2 Å². The molecule has 0 saturated heterocycles. The maximum absolute atomic E-state index is 13.5. The summed E-state index contributed by atoms with van der Waals surface area (Å²) in [6, 6.07) is 20.3. The van der Waals surface area contributed by atoms with Gasteiger partial charge in [0.05, 0.1) is 11.7 Å². The van der Waals surface area contributed by atoms with Gasteiger partial charge in [0, 0.05) is 17.8 Å². The van der Waals surface area contributed by atoms with Gasteiger partial charge in [-0.25, -0.2) is 0 Å². The number of carbonyl (C=O) groups excluding carboxylic acids is 1. The predicted octanol–water partition coefficient (Wildman–Crippen LogP) is 6.38. The molecule has 0 spiro atoms. The molecule has 4 rings (SSSR count). The molecule has 1 aliphatic rings. The van der Waals surface area contributed by atoms with Gasteiger partial charge in [0.25, 0.3) is 5.91 Å². The van der Waals surface area contributed by atoms with E-state index >= 15 is 0 Å². The van der Waals surface area contributed by atoms with E-state index in [0.29, 0.717) is 6.54 Å². The quantitative estimate of drug-likeness (QED) is 0.498. The Labute approximate surface area is 178 Å². The van der Waals surface area contributed by atoms with Crippen molar-refractivity contribution in [1.82, 2.24) is 4.90 Å². The molecule has 0 bridgehead atoms. The summed E-state index contributed by atoms with van der Waals surface area (Å²) in [5, 5.41) is 5.91. The SMILES string of the molecule is CCCCN1C(=O)c2ccccc2NC1c1c(OC(C)CC)ccc2ccccc12. The van der Waals surface area contributed by atoms with Crippen LogP contribution in [0.4, 0.5) is 5.69 Å². The average molecular weight is 403 g/mol. The van der Waals surface area contributed by atoms with Gasteiger partial charge in [-0.2, -0.15) is 0 Å². The van der Waals surface area contributed by atoms with Crippen LogP contribution in [0.15, 0.2) is 60.7 Å². The summed E-state index contributed by atoms with van der Waals surface area (Å²) in [4.78, 5) is 15.4. The van der Waals surface area contributed by atoms with Crippen LogP contribution in [0, 0.1) is 0 Å². The zero-order valence-electron chi connectivity index (χ0n) is 18.0. The lowest BCUT2D eigenvalue weighted by atomic mass is 9.97.